The Morgan fingerprint density at radius 2 is 1.93 bits per heavy atom. The highest BCUT2D eigenvalue weighted by atomic mass is 79.9. The van der Waals surface area contributed by atoms with Crippen LogP contribution in [0.1, 0.15) is 18.1 Å². The average Bonchev–Trinajstić information content (AvgIpc) is 2.69. The molecule has 0 saturated heterocycles. The molecule has 0 saturated carbocycles. The molecule has 0 unspecified atom stereocenters. The number of carbonyl (C=O) groups excluding carboxylic acids is 2. The first-order chi connectivity index (χ1) is 13.4. The number of rotatable bonds is 8. The normalized spacial score (nSPS) is 10.7. The van der Waals surface area contributed by atoms with Gasteiger partial charge >= 0.3 is 0 Å². The van der Waals surface area contributed by atoms with Crippen molar-refractivity contribution in [1.29, 1.82) is 0 Å². The lowest BCUT2D eigenvalue weighted by atomic mass is 10.2. The molecule has 28 heavy (non-hydrogen) atoms. The van der Waals surface area contributed by atoms with Gasteiger partial charge in [0.1, 0.15) is 11.6 Å². The van der Waals surface area contributed by atoms with E-state index in [1.54, 1.807) is 38.3 Å². The maximum absolute atomic E-state index is 12.9. The summed E-state index contributed by atoms with van der Waals surface area (Å²) in [4.78, 5) is 26.0. The molecule has 148 valence electrons. The van der Waals surface area contributed by atoms with Crippen LogP contribution in [0.5, 0.6) is 5.75 Å². The van der Waals surface area contributed by atoms with Gasteiger partial charge in [0.15, 0.2) is 0 Å². The number of hydrogen-bond donors (Lipinski definition) is 1. The second-order valence-electron chi connectivity index (χ2n) is 5.98. The Labute approximate surface area is 172 Å². The van der Waals surface area contributed by atoms with Crippen LogP contribution in [0.4, 0.5) is 4.39 Å². The van der Waals surface area contributed by atoms with Crippen LogP contribution in [0.3, 0.4) is 0 Å². The molecular formula is C21H22BrFN2O3. The molecule has 0 atom stereocenters. The van der Waals surface area contributed by atoms with Crippen molar-refractivity contribution in [1.82, 2.24) is 10.2 Å². The quantitative estimate of drug-likeness (QED) is 0.625. The zero-order valence-corrected chi connectivity index (χ0v) is 17.3. The third-order valence-electron chi connectivity index (χ3n) is 4.03. The molecule has 0 aromatic heterocycles. The Balaban J connectivity index is 1.94. The summed E-state index contributed by atoms with van der Waals surface area (Å²) >= 11 is 3.39. The molecule has 0 aliphatic heterocycles. The predicted octanol–water partition coefficient (Wildman–Crippen LogP) is 3.77. The van der Waals surface area contributed by atoms with Crippen LogP contribution in [0.25, 0.3) is 6.08 Å². The maximum atomic E-state index is 12.9. The molecule has 0 aliphatic carbocycles. The standard InChI is InChI=1S/C21H22BrFN2O3/c1-3-25(14-20(26)24-13-15-4-8-18(23)9-5-15)21(27)11-6-16-12-17(22)7-10-19(16)28-2/h4-12H,3,13-14H2,1-2H3,(H,24,26)/b11-6+. The number of amides is 2. The lowest BCUT2D eigenvalue weighted by Crippen LogP contribution is -2.39. The highest BCUT2D eigenvalue weighted by molar-refractivity contribution is 9.10. The number of benzene rings is 2. The fourth-order valence-corrected chi connectivity index (χ4v) is 2.86. The molecule has 0 heterocycles. The van der Waals surface area contributed by atoms with Crippen molar-refractivity contribution in [2.45, 2.75) is 13.5 Å². The van der Waals surface area contributed by atoms with Crippen molar-refractivity contribution in [2.24, 2.45) is 0 Å². The number of methoxy groups -OCH3 is 1. The zero-order valence-electron chi connectivity index (χ0n) is 15.7. The molecule has 7 heteroatoms. The van der Waals surface area contributed by atoms with E-state index in [9.17, 15) is 14.0 Å². The Hall–Kier alpha value is -2.67. The van der Waals surface area contributed by atoms with E-state index in [1.807, 2.05) is 12.1 Å². The summed E-state index contributed by atoms with van der Waals surface area (Å²) in [6.07, 6.45) is 3.08. The van der Waals surface area contributed by atoms with E-state index in [0.29, 0.717) is 12.3 Å². The van der Waals surface area contributed by atoms with E-state index in [2.05, 4.69) is 21.2 Å². The third kappa shape index (κ3) is 6.49. The highest BCUT2D eigenvalue weighted by Crippen LogP contribution is 2.24. The van der Waals surface area contributed by atoms with E-state index in [0.717, 1.165) is 15.6 Å². The van der Waals surface area contributed by atoms with E-state index in [4.69, 9.17) is 4.74 Å². The van der Waals surface area contributed by atoms with Gasteiger partial charge in [0.2, 0.25) is 11.8 Å². The Bertz CT molecular complexity index is 853. The molecule has 2 amide bonds. The molecule has 5 nitrogen and oxygen atoms in total. The second-order valence-corrected chi connectivity index (χ2v) is 6.89. The smallest absolute Gasteiger partial charge is 0.247 e. The van der Waals surface area contributed by atoms with Crippen molar-refractivity contribution in [2.75, 3.05) is 20.2 Å². The Kier molecular flexibility index (Phi) is 8.19. The van der Waals surface area contributed by atoms with Crippen molar-refractivity contribution < 1.29 is 18.7 Å². The van der Waals surface area contributed by atoms with Crippen molar-refractivity contribution in [3.8, 4) is 5.75 Å². The topological polar surface area (TPSA) is 58.6 Å². The van der Waals surface area contributed by atoms with Crippen LogP contribution < -0.4 is 10.1 Å². The van der Waals surface area contributed by atoms with Gasteiger partial charge < -0.3 is 15.0 Å². The minimum absolute atomic E-state index is 0.0590. The molecule has 0 bridgehead atoms. The number of halogens is 2. The van der Waals surface area contributed by atoms with Gasteiger partial charge in [0, 0.05) is 29.2 Å². The Morgan fingerprint density at radius 3 is 2.57 bits per heavy atom. The van der Waals surface area contributed by atoms with E-state index in [1.165, 1.54) is 23.1 Å². The highest BCUT2D eigenvalue weighted by Gasteiger charge is 2.13. The minimum atomic E-state index is -0.327. The predicted molar refractivity (Wildman–Crippen MR) is 110 cm³/mol. The third-order valence-corrected chi connectivity index (χ3v) is 4.52. The lowest BCUT2D eigenvalue weighted by molar-refractivity contribution is -0.132. The van der Waals surface area contributed by atoms with Gasteiger partial charge in [-0.1, -0.05) is 28.1 Å². The molecule has 0 spiro atoms. The van der Waals surface area contributed by atoms with Crippen LogP contribution >= 0.6 is 15.9 Å². The number of ether oxygens (including phenoxy) is 1. The summed E-state index contributed by atoms with van der Waals surface area (Å²) in [5.41, 5.74) is 1.54. The first kappa shape index (κ1) is 21.6. The van der Waals surface area contributed by atoms with Gasteiger partial charge in [0.25, 0.3) is 0 Å². The molecule has 2 rings (SSSR count). The van der Waals surface area contributed by atoms with Crippen molar-refractivity contribution in [3.63, 3.8) is 0 Å². The fraction of sp³-hybridized carbons (Fsp3) is 0.238. The van der Waals surface area contributed by atoms with Crippen LogP contribution in [0.2, 0.25) is 0 Å². The van der Waals surface area contributed by atoms with Gasteiger partial charge in [-0.25, -0.2) is 4.39 Å². The van der Waals surface area contributed by atoms with Crippen LogP contribution in [0, 0.1) is 5.82 Å². The molecule has 1 N–H and O–H groups in total. The van der Waals surface area contributed by atoms with Gasteiger partial charge in [-0.15, -0.1) is 0 Å². The molecule has 0 radical (unpaired) electrons. The summed E-state index contributed by atoms with van der Waals surface area (Å²) in [7, 11) is 1.56. The van der Waals surface area contributed by atoms with Gasteiger partial charge in [-0.3, -0.25) is 9.59 Å². The maximum Gasteiger partial charge on any atom is 0.247 e. The average molecular weight is 449 g/mol. The first-order valence-electron chi connectivity index (χ1n) is 8.74. The van der Waals surface area contributed by atoms with Crippen LogP contribution in [0.15, 0.2) is 53.0 Å². The molecule has 0 aliphatic rings. The minimum Gasteiger partial charge on any atom is -0.496 e. The fourth-order valence-electron chi connectivity index (χ4n) is 2.48. The second kappa shape index (κ2) is 10.6. The summed E-state index contributed by atoms with van der Waals surface area (Å²) in [5, 5.41) is 2.73. The first-order valence-corrected chi connectivity index (χ1v) is 9.54. The zero-order chi connectivity index (χ0) is 20.5. The summed E-state index contributed by atoms with van der Waals surface area (Å²) in [6.45, 7) is 2.41. The number of hydrogen-bond acceptors (Lipinski definition) is 3. The number of carbonyl (C=O) groups is 2. The summed E-state index contributed by atoms with van der Waals surface area (Å²) in [6, 6.07) is 11.4. The van der Waals surface area contributed by atoms with Crippen molar-refractivity contribution in [3.05, 3.63) is 70.0 Å². The van der Waals surface area contributed by atoms with Crippen molar-refractivity contribution >= 4 is 33.8 Å². The summed E-state index contributed by atoms with van der Waals surface area (Å²) < 4.78 is 19.1. The molecule has 2 aromatic carbocycles. The summed E-state index contributed by atoms with van der Waals surface area (Å²) in [5.74, 6) is -0.242. The number of nitrogens with zero attached hydrogens (tertiary/aromatic N) is 1. The molecule has 2 aromatic rings. The van der Waals surface area contributed by atoms with Crippen LogP contribution in [-0.4, -0.2) is 36.9 Å². The SMILES string of the molecule is CCN(CC(=O)NCc1ccc(F)cc1)C(=O)/C=C/c1cc(Br)ccc1OC. The number of nitrogens with one attached hydrogen (secondary N) is 1. The van der Waals surface area contributed by atoms with E-state index in [-0.39, 0.29) is 30.7 Å². The number of likely N-dealkylation sites (N-methyl/N-ethyl adjacent to an activating group) is 1. The van der Waals surface area contributed by atoms with Gasteiger partial charge in [-0.05, 0) is 48.9 Å². The largest absolute Gasteiger partial charge is 0.496 e. The van der Waals surface area contributed by atoms with E-state index < -0.39 is 0 Å². The molecule has 0 fully saturated rings. The van der Waals surface area contributed by atoms with Gasteiger partial charge in [0.05, 0.1) is 13.7 Å². The lowest BCUT2D eigenvalue weighted by Gasteiger charge is -2.18. The van der Waals surface area contributed by atoms with Crippen LogP contribution in [-0.2, 0) is 16.1 Å². The molecular weight excluding hydrogens is 427 g/mol. The van der Waals surface area contributed by atoms with E-state index >= 15 is 0 Å². The Morgan fingerprint density at radius 1 is 1.21 bits per heavy atom. The monoisotopic (exact) mass is 448 g/mol. The van der Waals surface area contributed by atoms with Gasteiger partial charge in [-0.2, -0.15) is 0 Å².